The lowest BCUT2D eigenvalue weighted by molar-refractivity contribution is -0.127. The van der Waals surface area contributed by atoms with Crippen LogP contribution in [0.2, 0.25) is 0 Å². The molecule has 0 saturated heterocycles. The van der Waals surface area contributed by atoms with Crippen LogP contribution in [0.1, 0.15) is 76.6 Å². The van der Waals surface area contributed by atoms with Crippen LogP contribution in [0.5, 0.6) is 0 Å². The molecule has 27 heavy (non-hydrogen) atoms. The molecular weight excluding hydrogens is 342 g/mol. The molecule has 0 unspecified atom stereocenters. The van der Waals surface area contributed by atoms with Gasteiger partial charge in [0.15, 0.2) is 5.76 Å². The Balaban J connectivity index is 1.79. The molecule has 0 aromatic carbocycles. The normalized spacial score (nSPS) is 20.5. The predicted octanol–water partition coefficient (Wildman–Crippen LogP) is 3.73. The van der Waals surface area contributed by atoms with Crippen LogP contribution >= 0.6 is 0 Å². The summed E-state index contributed by atoms with van der Waals surface area (Å²) in [5.41, 5.74) is 5.34. The fraction of sp³-hybridized carbons (Fsp3) is 0.714. The maximum absolute atomic E-state index is 12.4. The van der Waals surface area contributed by atoms with E-state index < -0.39 is 5.91 Å². The lowest BCUT2D eigenvalue weighted by Crippen LogP contribution is -2.45. The Morgan fingerprint density at radius 2 is 1.70 bits per heavy atom. The summed E-state index contributed by atoms with van der Waals surface area (Å²) in [5.74, 6) is 1.06. The van der Waals surface area contributed by atoms with Crippen LogP contribution in [-0.2, 0) is 11.3 Å². The number of hydrogen-bond donors (Lipinski definition) is 2. The third-order valence-electron chi connectivity index (χ3n) is 5.78. The third-order valence-corrected chi connectivity index (χ3v) is 5.78. The van der Waals surface area contributed by atoms with Gasteiger partial charge in [0, 0.05) is 5.92 Å². The number of hydrazine groups is 1. The first-order chi connectivity index (χ1) is 12.7. The molecular formula is C21H35N3O3. The summed E-state index contributed by atoms with van der Waals surface area (Å²) in [6.07, 6.45) is 3.86. The number of amides is 2. The van der Waals surface area contributed by atoms with E-state index in [2.05, 4.69) is 50.4 Å². The lowest BCUT2D eigenvalue weighted by Gasteiger charge is -2.36. The average molecular weight is 378 g/mol. The van der Waals surface area contributed by atoms with Crippen molar-refractivity contribution in [1.82, 2.24) is 15.8 Å². The van der Waals surface area contributed by atoms with Gasteiger partial charge < -0.3 is 4.42 Å². The van der Waals surface area contributed by atoms with Gasteiger partial charge in [-0.1, -0.05) is 34.6 Å². The molecule has 1 fully saturated rings. The Morgan fingerprint density at radius 3 is 2.26 bits per heavy atom. The summed E-state index contributed by atoms with van der Waals surface area (Å²) in [7, 11) is 0. The number of nitrogens with one attached hydrogen (secondary N) is 2. The quantitative estimate of drug-likeness (QED) is 0.741. The van der Waals surface area contributed by atoms with Crippen LogP contribution < -0.4 is 10.9 Å². The molecule has 1 saturated carbocycles. The van der Waals surface area contributed by atoms with E-state index in [0.29, 0.717) is 12.5 Å². The highest BCUT2D eigenvalue weighted by Crippen LogP contribution is 2.39. The Kier molecular flexibility index (Phi) is 7.48. The summed E-state index contributed by atoms with van der Waals surface area (Å²) in [5, 5.41) is 0. The first kappa shape index (κ1) is 21.5. The van der Waals surface area contributed by atoms with Crippen LogP contribution in [0.25, 0.3) is 0 Å². The minimum absolute atomic E-state index is 0.0290. The molecule has 0 bridgehead atoms. The number of furan rings is 1. The highest BCUT2D eigenvalue weighted by molar-refractivity contribution is 5.93. The first-order valence-electron chi connectivity index (χ1n) is 10.2. The number of hydrogen-bond acceptors (Lipinski definition) is 4. The zero-order valence-electron chi connectivity index (χ0n) is 17.4. The van der Waals surface area contributed by atoms with Crippen molar-refractivity contribution in [2.24, 2.45) is 17.3 Å². The minimum atomic E-state index is -0.419. The summed E-state index contributed by atoms with van der Waals surface area (Å²) in [6.45, 7) is 13.5. The monoisotopic (exact) mass is 377 g/mol. The first-order valence-corrected chi connectivity index (χ1v) is 10.2. The van der Waals surface area contributed by atoms with Crippen molar-refractivity contribution in [2.45, 2.75) is 66.8 Å². The summed E-state index contributed by atoms with van der Waals surface area (Å²) in [4.78, 5) is 26.8. The number of carbonyl (C=O) groups excluding carboxylic acids is 2. The van der Waals surface area contributed by atoms with E-state index in [1.807, 2.05) is 6.07 Å². The molecule has 1 aliphatic rings. The van der Waals surface area contributed by atoms with E-state index in [1.54, 1.807) is 6.07 Å². The van der Waals surface area contributed by atoms with Crippen molar-refractivity contribution < 1.29 is 14.0 Å². The molecule has 1 aromatic rings. The van der Waals surface area contributed by atoms with Crippen molar-refractivity contribution in [3.05, 3.63) is 23.7 Å². The molecule has 0 radical (unpaired) electrons. The molecule has 1 aromatic heterocycles. The van der Waals surface area contributed by atoms with Gasteiger partial charge in [0.1, 0.15) is 5.76 Å². The molecule has 6 heteroatoms. The standard InChI is InChI=1S/C21H35N3O3/c1-6-24(7-2)14-17-12-13-18(27-17)20(26)23-22-19(25)15-8-10-16(11-9-15)21(3,4)5/h12-13,15-16H,6-11,14H2,1-5H3,(H,22,25)(H,23,26). The largest absolute Gasteiger partial charge is 0.454 e. The highest BCUT2D eigenvalue weighted by Gasteiger charge is 2.32. The molecule has 1 heterocycles. The number of carbonyl (C=O) groups is 2. The van der Waals surface area contributed by atoms with E-state index in [9.17, 15) is 9.59 Å². The van der Waals surface area contributed by atoms with Crippen LogP contribution in [0, 0.1) is 17.3 Å². The van der Waals surface area contributed by atoms with Crippen molar-refractivity contribution in [2.75, 3.05) is 13.1 Å². The van der Waals surface area contributed by atoms with Crippen molar-refractivity contribution in [3.63, 3.8) is 0 Å². The SMILES string of the molecule is CCN(CC)Cc1ccc(C(=O)NNC(=O)C2CCC(C(C)(C)C)CC2)o1. The number of rotatable bonds is 6. The molecule has 1 aliphatic carbocycles. The average Bonchev–Trinajstić information content (AvgIpc) is 3.12. The van der Waals surface area contributed by atoms with E-state index >= 15 is 0 Å². The van der Waals surface area contributed by atoms with Gasteiger partial charge in [-0.3, -0.25) is 25.3 Å². The predicted molar refractivity (Wildman–Crippen MR) is 106 cm³/mol. The Bertz CT molecular complexity index is 621. The summed E-state index contributed by atoms with van der Waals surface area (Å²) < 4.78 is 5.60. The topological polar surface area (TPSA) is 74.6 Å². The zero-order valence-corrected chi connectivity index (χ0v) is 17.4. The van der Waals surface area contributed by atoms with E-state index in [-0.39, 0.29) is 23.0 Å². The number of nitrogens with zero attached hydrogens (tertiary/aromatic N) is 1. The summed E-state index contributed by atoms with van der Waals surface area (Å²) >= 11 is 0. The molecule has 0 aliphatic heterocycles. The van der Waals surface area contributed by atoms with Crippen LogP contribution in [0.15, 0.2) is 16.5 Å². The smallest absolute Gasteiger partial charge is 0.305 e. The van der Waals surface area contributed by atoms with Gasteiger partial charge in [-0.2, -0.15) is 0 Å². The molecule has 0 atom stereocenters. The molecule has 2 rings (SSSR count). The zero-order chi connectivity index (χ0) is 20.0. The van der Waals surface area contributed by atoms with Crippen molar-refractivity contribution >= 4 is 11.8 Å². The van der Waals surface area contributed by atoms with E-state index in [4.69, 9.17) is 4.42 Å². The van der Waals surface area contributed by atoms with Gasteiger partial charge in [-0.25, -0.2) is 0 Å². The maximum Gasteiger partial charge on any atom is 0.305 e. The fourth-order valence-corrected chi connectivity index (χ4v) is 3.76. The second kappa shape index (κ2) is 9.40. The maximum atomic E-state index is 12.4. The highest BCUT2D eigenvalue weighted by atomic mass is 16.4. The summed E-state index contributed by atoms with van der Waals surface area (Å²) in [6, 6.07) is 3.46. The van der Waals surface area contributed by atoms with Crippen molar-refractivity contribution in [1.29, 1.82) is 0 Å². The van der Waals surface area contributed by atoms with Crippen LogP contribution in [-0.4, -0.2) is 29.8 Å². The van der Waals surface area contributed by atoms with Gasteiger partial charge in [0.2, 0.25) is 5.91 Å². The Labute approximate surface area is 163 Å². The van der Waals surface area contributed by atoms with E-state index in [0.717, 1.165) is 44.5 Å². The second-order valence-electron chi connectivity index (χ2n) is 8.59. The third kappa shape index (κ3) is 6.09. The van der Waals surface area contributed by atoms with Crippen LogP contribution in [0.3, 0.4) is 0 Å². The lowest BCUT2D eigenvalue weighted by atomic mass is 9.70. The molecule has 2 amide bonds. The van der Waals surface area contributed by atoms with Gasteiger partial charge in [-0.05, 0) is 62.2 Å². The fourth-order valence-electron chi connectivity index (χ4n) is 3.76. The van der Waals surface area contributed by atoms with Gasteiger partial charge in [-0.15, -0.1) is 0 Å². The second-order valence-corrected chi connectivity index (χ2v) is 8.59. The molecule has 0 spiro atoms. The molecule has 6 nitrogen and oxygen atoms in total. The van der Waals surface area contributed by atoms with Crippen LogP contribution in [0.4, 0.5) is 0 Å². The Hall–Kier alpha value is -1.82. The van der Waals surface area contributed by atoms with Gasteiger partial charge in [0.05, 0.1) is 6.54 Å². The van der Waals surface area contributed by atoms with Crippen molar-refractivity contribution in [3.8, 4) is 0 Å². The van der Waals surface area contributed by atoms with Gasteiger partial charge >= 0.3 is 5.91 Å². The molecule has 152 valence electrons. The van der Waals surface area contributed by atoms with E-state index in [1.165, 1.54) is 0 Å². The minimum Gasteiger partial charge on any atom is -0.454 e. The Morgan fingerprint density at radius 1 is 1.07 bits per heavy atom. The molecule has 2 N–H and O–H groups in total. The van der Waals surface area contributed by atoms with Gasteiger partial charge in [0.25, 0.3) is 0 Å².